The molecule has 0 radical (unpaired) electrons. The predicted molar refractivity (Wildman–Crippen MR) is 76.5 cm³/mol. The standard InChI is InChI=1S/C16H18N2O.Rb/c1-11-13-5-4-10-18(13)14-7-9-16(2,3)8-6-12(14)17-15(11)19;/h4-11H,1-3H3,(H,17,19);/q;+1/p-1. The fourth-order valence-corrected chi connectivity index (χ4v) is 2.42. The summed E-state index contributed by atoms with van der Waals surface area (Å²) in [7, 11) is 0. The first kappa shape index (κ1) is 16.2. The molecule has 1 aliphatic heterocycles. The van der Waals surface area contributed by atoms with Gasteiger partial charge in [0.15, 0.2) is 0 Å². The molecular weight excluding hydrogens is 322 g/mol. The molecule has 4 heteroatoms. The van der Waals surface area contributed by atoms with Gasteiger partial charge in [0.2, 0.25) is 0 Å². The van der Waals surface area contributed by atoms with E-state index in [0.29, 0.717) is 0 Å². The first-order valence-corrected chi connectivity index (χ1v) is 6.54. The van der Waals surface area contributed by atoms with Crippen LogP contribution in [0.2, 0.25) is 0 Å². The van der Waals surface area contributed by atoms with Crippen molar-refractivity contribution in [2.45, 2.75) is 26.7 Å². The number of carbonyl (C=O) groups excluding carboxylic acids is 1. The zero-order chi connectivity index (χ0) is 13.6. The molecule has 2 aliphatic rings. The normalized spacial score (nSPS) is 23.1. The van der Waals surface area contributed by atoms with Gasteiger partial charge in [-0.3, -0.25) is 0 Å². The summed E-state index contributed by atoms with van der Waals surface area (Å²) in [5, 5.41) is 4.27. The van der Waals surface area contributed by atoms with Gasteiger partial charge in [0, 0.05) is 28.9 Å². The summed E-state index contributed by atoms with van der Waals surface area (Å²) < 4.78 is 2.07. The molecule has 20 heavy (non-hydrogen) atoms. The number of aromatic nitrogens is 1. The van der Waals surface area contributed by atoms with Crippen molar-refractivity contribution in [1.29, 1.82) is 0 Å². The topological polar surface area (TPSA) is 36.1 Å². The van der Waals surface area contributed by atoms with E-state index in [0.717, 1.165) is 17.1 Å². The van der Waals surface area contributed by atoms with Gasteiger partial charge in [-0.15, -0.1) is 5.70 Å². The van der Waals surface area contributed by atoms with E-state index in [4.69, 9.17) is 0 Å². The van der Waals surface area contributed by atoms with Crippen LogP contribution in [0.1, 0.15) is 32.4 Å². The number of amides is 1. The van der Waals surface area contributed by atoms with Crippen LogP contribution < -0.4 is 58.2 Å². The molecule has 0 spiro atoms. The Morgan fingerprint density at radius 2 is 1.95 bits per heavy atom. The minimum absolute atomic E-state index is 0. The van der Waals surface area contributed by atoms with E-state index in [9.17, 15) is 4.79 Å². The summed E-state index contributed by atoms with van der Waals surface area (Å²) in [6, 6.07) is 3.96. The number of rotatable bonds is 0. The molecule has 0 saturated carbocycles. The fraction of sp³-hybridized carbons (Fsp3) is 0.312. The maximum Gasteiger partial charge on any atom is 1.00 e. The van der Waals surface area contributed by atoms with E-state index in [-0.39, 0.29) is 75.4 Å². The number of hydrogen-bond acceptors (Lipinski definition) is 1. The molecule has 0 saturated heterocycles. The van der Waals surface area contributed by atoms with Crippen LogP contribution in [0.4, 0.5) is 0 Å². The Morgan fingerprint density at radius 1 is 1.25 bits per heavy atom. The van der Waals surface area contributed by atoms with Crippen molar-refractivity contribution in [3.05, 3.63) is 59.3 Å². The second kappa shape index (κ2) is 5.88. The average Bonchev–Trinajstić information content (AvgIpc) is 2.74. The summed E-state index contributed by atoms with van der Waals surface area (Å²) in [5.74, 6) is -0.278. The van der Waals surface area contributed by atoms with Crippen molar-refractivity contribution in [1.82, 2.24) is 4.57 Å². The van der Waals surface area contributed by atoms with Crippen molar-refractivity contribution in [3.8, 4) is 0 Å². The van der Waals surface area contributed by atoms with Gasteiger partial charge in [0.1, 0.15) is 0 Å². The molecule has 0 aromatic carbocycles. The molecule has 1 amide bonds. The van der Waals surface area contributed by atoms with Crippen molar-refractivity contribution in [3.63, 3.8) is 0 Å². The Labute approximate surface area is 168 Å². The predicted octanol–water partition coefficient (Wildman–Crippen LogP) is 0.830. The SMILES string of the molecule is CC1C(=O)[N-]C2=C(C=CC(C)(C)C=C2)n2cccc21.[Rb+]. The van der Waals surface area contributed by atoms with Gasteiger partial charge in [-0.05, 0) is 18.2 Å². The molecule has 2 heterocycles. The van der Waals surface area contributed by atoms with Gasteiger partial charge < -0.3 is 14.7 Å². The molecule has 3 nitrogen and oxygen atoms in total. The van der Waals surface area contributed by atoms with Gasteiger partial charge in [-0.2, -0.15) is 0 Å². The first-order chi connectivity index (χ1) is 8.98. The van der Waals surface area contributed by atoms with Crippen LogP contribution in [0.3, 0.4) is 0 Å². The van der Waals surface area contributed by atoms with Crippen LogP contribution in [0.5, 0.6) is 0 Å². The van der Waals surface area contributed by atoms with E-state index in [1.54, 1.807) is 0 Å². The van der Waals surface area contributed by atoms with Crippen molar-refractivity contribution in [2.75, 3.05) is 0 Å². The minimum Gasteiger partial charge on any atom is -0.625 e. The number of fused-ring (bicyclic) bond motifs is 2. The van der Waals surface area contributed by atoms with E-state index < -0.39 is 0 Å². The molecule has 1 atom stereocenters. The zero-order valence-electron chi connectivity index (χ0n) is 12.4. The smallest absolute Gasteiger partial charge is 0.625 e. The largest absolute Gasteiger partial charge is 1.00 e. The van der Waals surface area contributed by atoms with Gasteiger partial charge in [-0.1, -0.05) is 39.0 Å². The van der Waals surface area contributed by atoms with E-state index in [1.165, 1.54) is 0 Å². The summed E-state index contributed by atoms with van der Waals surface area (Å²) in [6.07, 6.45) is 10.2. The Balaban J connectivity index is 0.00000147. The van der Waals surface area contributed by atoms with Crippen molar-refractivity contribution >= 4 is 11.6 Å². The molecule has 3 rings (SSSR count). The summed E-state index contributed by atoms with van der Waals surface area (Å²) >= 11 is 0. The number of carbonyl (C=O) groups is 1. The van der Waals surface area contributed by atoms with Crippen LogP contribution in [0.25, 0.3) is 11.0 Å². The van der Waals surface area contributed by atoms with Crippen LogP contribution in [-0.4, -0.2) is 10.5 Å². The van der Waals surface area contributed by atoms with Crippen molar-refractivity contribution in [2.24, 2.45) is 5.41 Å². The van der Waals surface area contributed by atoms with Crippen LogP contribution in [0, 0.1) is 5.41 Å². The molecule has 0 bridgehead atoms. The number of hydrogen-bond donors (Lipinski definition) is 0. The molecular formula is C16H17N2ORb. The summed E-state index contributed by atoms with van der Waals surface area (Å²) in [6.45, 7) is 6.17. The second-order valence-corrected chi connectivity index (χ2v) is 5.73. The maximum absolute atomic E-state index is 12.1. The first-order valence-electron chi connectivity index (χ1n) is 6.54. The van der Waals surface area contributed by atoms with Crippen LogP contribution in [0.15, 0.2) is 48.3 Å². The van der Waals surface area contributed by atoms with E-state index in [1.807, 2.05) is 31.3 Å². The Kier molecular flexibility index (Phi) is 4.74. The van der Waals surface area contributed by atoms with Crippen LogP contribution in [-0.2, 0) is 4.79 Å². The number of nitrogens with zero attached hydrogens (tertiary/aromatic N) is 2. The molecule has 98 valence electrons. The van der Waals surface area contributed by atoms with Gasteiger partial charge in [0.05, 0.1) is 5.91 Å². The third-order valence-corrected chi connectivity index (χ3v) is 3.69. The van der Waals surface area contributed by atoms with Crippen molar-refractivity contribution < 1.29 is 63.0 Å². The third kappa shape index (κ3) is 2.87. The number of allylic oxidation sites excluding steroid dienone is 5. The van der Waals surface area contributed by atoms with E-state index in [2.05, 4.69) is 42.0 Å². The molecule has 1 aromatic rings. The Morgan fingerprint density at radius 3 is 2.70 bits per heavy atom. The Bertz CT molecular complexity index is 635. The Hall–Kier alpha value is -0.225. The summed E-state index contributed by atoms with van der Waals surface area (Å²) in [5.41, 5.74) is 2.69. The van der Waals surface area contributed by atoms with Gasteiger partial charge in [0.25, 0.3) is 0 Å². The quantitative estimate of drug-likeness (QED) is 0.690. The molecule has 1 unspecified atom stereocenters. The third-order valence-electron chi connectivity index (χ3n) is 3.69. The maximum atomic E-state index is 12.1. The van der Waals surface area contributed by atoms with E-state index >= 15 is 0 Å². The molecule has 0 fully saturated rings. The summed E-state index contributed by atoms with van der Waals surface area (Å²) in [4.78, 5) is 12.1. The average molecular weight is 339 g/mol. The zero-order valence-corrected chi connectivity index (χ0v) is 17.3. The monoisotopic (exact) mass is 338 g/mol. The van der Waals surface area contributed by atoms with Crippen LogP contribution >= 0.6 is 0 Å². The van der Waals surface area contributed by atoms with Gasteiger partial charge >= 0.3 is 58.2 Å². The fourth-order valence-electron chi connectivity index (χ4n) is 2.42. The van der Waals surface area contributed by atoms with Gasteiger partial charge in [-0.25, -0.2) is 0 Å². The molecule has 1 aromatic heterocycles. The molecule has 1 aliphatic carbocycles. The second-order valence-electron chi connectivity index (χ2n) is 5.73. The minimum atomic E-state index is -0.197. The molecule has 0 N–H and O–H groups in total.